The molecule has 0 aliphatic carbocycles. The summed E-state index contributed by atoms with van der Waals surface area (Å²) in [6.45, 7) is 0. The molecule has 1 heterocycles. The van der Waals surface area contributed by atoms with Gasteiger partial charge in [0.15, 0.2) is 5.76 Å². The van der Waals surface area contributed by atoms with Gasteiger partial charge in [0, 0.05) is 12.6 Å². The van der Waals surface area contributed by atoms with Crippen LogP contribution >= 0.6 is 0 Å². The zero-order chi connectivity index (χ0) is 13.2. The van der Waals surface area contributed by atoms with E-state index in [1.165, 1.54) is 0 Å². The molecule has 2 aromatic carbocycles. The molecular weight excluding hydrogens is 238 g/mol. The number of hydrogen-bond acceptors (Lipinski definition) is 2. The summed E-state index contributed by atoms with van der Waals surface area (Å²) in [6.07, 6.45) is 1.72. The highest BCUT2D eigenvalue weighted by Crippen LogP contribution is 2.29. The number of carbonyl (C=O) groups excluding carboxylic acids is 1. The third kappa shape index (κ3) is 2.10. The predicted octanol–water partition coefficient (Wildman–Crippen LogP) is 3.15. The van der Waals surface area contributed by atoms with Crippen molar-refractivity contribution in [3.05, 3.63) is 71.9 Å². The van der Waals surface area contributed by atoms with Gasteiger partial charge >= 0.3 is 0 Å². The Labute approximate surface area is 111 Å². The van der Waals surface area contributed by atoms with Crippen LogP contribution in [0.15, 0.2) is 60.8 Å². The summed E-state index contributed by atoms with van der Waals surface area (Å²) in [5, 5.41) is 0. The predicted molar refractivity (Wildman–Crippen MR) is 73.6 cm³/mol. The van der Waals surface area contributed by atoms with E-state index < -0.39 is 0 Å². The molecule has 1 aliphatic heterocycles. The monoisotopic (exact) mass is 251 g/mol. The fourth-order valence-electron chi connectivity index (χ4n) is 2.04. The second kappa shape index (κ2) is 4.61. The molecule has 0 saturated heterocycles. The Bertz CT molecular complexity index is 647. The molecule has 1 amide bonds. The maximum Gasteiger partial charge on any atom is 0.261 e. The lowest BCUT2D eigenvalue weighted by Crippen LogP contribution is -2.19. The summed E-state index contributed by atoms with van der Waals surface area (Å²) in [4.78, 5) is 13.8. The van der Waals surface area contributed by atoms with Crippen molar-refractivity contribution in [3.63, 3.8) is 0 Å². The number of amides is 1. The minimum atomic E-state index is -0.0680. The van der Waals surface area contributed by atoms with Gasteiger partial charge in [-0.2, -0.15) is 0 Å². The van der Waals surface area contributed by atoms with E-state index >= 15 is 0 Å². The van der Waals surface area contributed by atoms with Crippen LogP contribution in [0.25, 0.3) is 5.76 Å². The Balaban J connectivity index is 2.10. The Morgan fingerprint density at radius 2 is 1.63 bits per heavy atom. The number of carbonyl (C=O) groups is 1. The minimum Gasteiger partial charge on any atom is -0.454 e. The van der Waals surface area contributed by atoms with Crippen molar-refractivity contribution < 1.29 is 9.53 Å². The van der Waals surface area contributed by atoms with Gasteiger partial charge in [-0.1, -0.05) is 42.5 Å². The van der Waals surface area contributed by atoms with Crippen LogP contribution in [0.5, 0.6) is 5.75 Å². The summed E-state index contributed by atoms with van der Waals surface area (Å²) in [5.74, 6) is 1.19. The molecule has 3 rings (SSSR count). The van der Waals surface area contributed by atoms with E-state index in [9.17, 15) is 4.79 Å². The molecule has 0 N–H and O–H groups in total. The van der Waals surface area contributed by atoms with Crippen LogP contribution in [0, 0.1) is 0 Å². The van der Waals surface area contributed by atoms with Crippen LogP contribution < -0.4 is 4.74 Å². The van der Waals surface area contributed by atoms with E-state index in [1.54, 1.807) is 24.2 Å². The molecule has 1 aliphatic rings. The minimum absolute atomic E-state index is 0.0680. The Morgan fingerprint density at radius 1 is 0.947 bits per heavy atom. The van der Waals surface area contributed by atoms with Gasteiger partial charge in [-0.25, -0.2) is 0 Å². The molecule has 0 spiro atoms. The Morgan fingerprint density at radius 3 is 2.42 bits per heavy atom. The SMILES string of the molecule is CN1C=C(c2ccccc2)Oc2ccccc2C1=O. The standard InChI is InChI=1S/C16H13NO2/c1-17-11-15(12-7-3-2-4-8-12)19-14-10-6-5-9-13(14)16(17)18/h2-11H,1H3. The Kier molecular flexibility index (Phi) is 2.80. The third-order valence-electron chi connectivity index (χ3n) is 3.03. The van der Waals surface area contributed by atoms with Gasteiger partial charge in [-0.15, -0.1) is 0 Å². The van der Waals surface area contributed by atoms with E-state index in [2.05, 4.69) is 0 Å². The molecule has 94 valence electrons. The maximum atomic E-state index is 12.2. The molecule has 2 aromatic rings. The lowest BCUT2D eigenvalue weighted by Gasteiger charge is -2.09. The van der Waals surface area contributed by atoms with Crippen molar-refractivity contribution >= 4 is 11.7 Å². The lowest BCUT2D eigenvalue weighted by molar-refractivity contribution is 0.0852. The number of benzene rings is 2. The van der Waals surface area contributed by atoms with Gasteiger partial charge in [0.25, 0.3) is 5.91 Å². The molecule has 0 unspecified atom stereocenters. The molecule has 3 nitrogen and oxygen atoms in total. The van der Waals surface area contributed by atoms with Gasteiger partial charge < -0.3 is 9.64 Å². The summed E-state index contributed by atoms with van der Waals surface area (Å²) >= 11 is 0. The first kappa shape index (κ1) is 11.5. The van der Waals surface area contributed by atoms with Crippen LogP contribution in [0.1, 0.15) is 15.9 Å². The molecule has 3 heteroatoms. The molecule has 0 atom stereocenters. The quantitative estimate of drug-likeness (QED) is 0.779. The zero-order valence-corrected chi connectivity index (χ0v) is 10.5. The number of hydrogen-bond donors (Lipinski definition) is 0. The topological polar surface area (TPSA) is 29.5 Å². The molecule has 19 heavy (non-hydrogen) atoms. The van der Waals surface area contributed by atoms with Crippen molar-refractivity contribution in [2.45, 2.75) is 0 Å². The number of nitrogens with zero attached hydrogens (tertiary/aromatic N) is 1. The first-order valence-corrected chi connectivity index (χ1v) is 6.07. The highest BCUT2D eigenvalue weighted by molar-refractivity contribution is 5.99. The molecule has 0 fully saturated rings. The fourth-order valence-corrected chi connectivity index (χ4v) is 2.04. The van der Waals surface area contributed by atoms with Gasteiger partial charge in [-0.3, -0.25) is 4.79 Å². The Hall–Kier alpha value is -2.55. The van der Waals surface area contributed by atoms with Crippen LogP contribution in [0.3, 0.4) is 0 Å². The van der Waals surface area contributed by atoms with Crippen molar-refractivity contribution in [2.24, 2.45) is 0 Å². The van der Waals surface area contributed by atoms with Gasteiger partial charge in [0.05, 0.1) is 11.8 Å². The molecule has 0 bridgehead atoms. The van der Waals surface area contributed by atoms with E-state index in [0.29, 0.717) is 17.1 Å². The molecule has 0 radical (unpaired) electrons. The fraction of sp³-hybridized carbons (Fsp3) is 0.0625. The number of ether oxygens (including phenoxy) is 1. The second-order valence-corrected chi connectivity index (χ2v) is 4.37. The number of para-hydroxylation sites is 1. The normalized spacial score (nSPS) is 14.3. The number of fused-ring (bicyclic) bond motifs is 1. The number of rotatable bonds is 1. The van der Waals surface area contributed by atoms with E-state index in [1.807, 2.05) is 48.5 Å². The van der Waals surface area contributed by atoms with Crippen molar-refractivity contribution in [2.75, 3.05) is 7.05 Å². The van der Waals surface area contributed by atoms with Crippen LogP contribution in [-0.2, 0) is 0 Å². The van der Waals surface area contributed by atoms with Crippen LogP contribution in [0.4, 0.5) is 0 Å². The molecular formula is C16H13NO2. The van der Waals surface area contributed by atoms with Crippen molar-refractivity contribution in [1.29, 1.82) is 0 Å². The van der Waals surface area contributed by atoms with Gasteiger partial charge in [-0.05, 0) is 12.1 Å². The average Bonchev–Trinajstić information content (AvgIpc) is 2.58. The molecule has 0 aromatic heterocycles. The summed E-state index contributed by atoms with van der Waals surface area (Å²) in [5.41, 5.74) is 1.52. The van der Waals surface area contributed by atoms with E-state index in [-0.39, 0.29) is 5.91 Å². The lowest BCUT2D eigenvalue weighted by atomic mass is 10.2. The first-order valence-electron chi connectivity index (χ1n) is 6.07. The van der Waals surface area contributed by atoms with Gasteiger partial charge in [0.1, 0.15) is 5.75 Å². The van der Waals surface area contributed by atoms with E-state index in [4.69, 9.17) is 4.74 Å². The largest absolute Gasteiger partial charge is 0.454 e. The highest BCUT2D eigenvalue weighted by atomic mass is 16.5. The smallest absolute Gasteiger partial charge is 0.261 e. The third-order valence-corrected chi connectivity index (χ3v) is 3.03. The van der Waals surface area contributed by atoms with Gasteiger partial charge in [0.2, 0.25) is 0 Å². The van der Waals surface area contributed by atoms with Crippen molar-refractivity contribution in [1.82, 2.24) is 4.90 Å². The maximum absolute atomic E-state index is 12.2. The zero-order valence-electron chi connectivity index (χ0n) is 10.5. The summed E-state index contributed by atoms with van der Waals surface area (Å²) < 4.78 is 5.88. The van der Waals surface area contributed by atoms with Crippen molar-refractivity contribution in [3.8, 4) is 5.75 Å². The summed E-state index contributed by atoms with van der Waals surface area (Å²) in [6, 6.07) is 17.0. The van der Waals surface area contributed by atoms with E-state index in [0.717, 1.165) is 5.56 Å². The van der Waals surface area contributed by atoms with Crippen LogP contribution in [0.2, 0.25) is 0 Å². The second-order valence-electron chi connectivity index (χ2n) is 4.37. The first-order chi connectivity index (χ1) is 9.25. The van der Waals surface area contributed by atoms with Crippen LogP contribution in [-0.4, -0.2) is 17.9 Å². The highest BCUT2D eigenvalue weighted by Gasteiger charge is 2.21. The molecule has 0 saturated carbocycles. The summed E-state index contributed by atoms with van der Waals surface area (Å²) in [7, 11) is 1.73. The average molecular weight is 251 g/mol.